The molecule has 0 saturated heterocycles. The molecule has 0 bridgehead atoms. The fourth-order valence-electron chi connectivity index (χ4n) is 1.27. The van der Waals surface area contributed by atoms with E-state index in [0.717, 1.165) is 0 Å². The molecule has 0 aromatic heterocycles. The zero-order valence-corrected chi connectivity index (χ0v) is 9.33. The number of nitrogens with zero attached hydrogens (tertiary/aromatic N) is 1. The quantitative estimate of drug-likeness (QED) is 0.629. The van der Waals surface area contributed by atoms with E-state index in [4.69, 9.17) is 0 Å². The van der Waals surface area contributed by atoms with E-state index < -0.39 is 0 Å². The Morgan fingerprint density at radius 3 is 2.50 bits per heavy atom. The molecular formula is C13H17N. The summed E-state index contributed by atoms with van der Waals surface area (Å²) in [5.74, 6) is 0. The summed E-state index contributed by atoms with van der Waals surface area (Å²) in [5, 5.41) is 0. The Labute approximate surface area is 86.2 Å². The lowest BCUT2D eigenvalue weighted by atomic mass is 10.0. The molecule has 1 aromatic rings. The lowest BCUT2D eigenvalue weighted by Crippen LogP contribution is -1.85. The number of rotatable bonds is 2. The maximum absolute atomic E-state index is 3.94. The van der Waals surface area contributed by atoms with E-state index in [2.05, 4.69) is 44.0 Å². The van der Waals surface area contributed by atoms with Gasteiger partial charge in [0.2, 0.25) is 0 Å². The Morgan fingerprint density at radius 2 is 1.93 bits per heavy atom. The standard InChI is InChI=1S/C13H17N/c1-10-5-6-13(9-12(10)3)11(2)7-8-14-4/h5-9H,1-4H3/b11-7+,14-8?. The highest BCUT2D eigenvalue weighted by molar-refractivity contribution is 5.83. The Kier molecular flexibility index (Phi) is 3.63. The topological polar surface area (TPSA) is 12.4 Å². The molecule has 0 aliphatic rings. The second kappa shape index (κ2) is 4.75. The average Bonchev–Trinajstić information content (AvgIpc) is 2.18. The number of benzene rings is 1. The smallest absolute Gasteiger partial charge is 0.0277 e. The molecule has 0 heterocycles. The summed E-state index contributed by atoms with van der Waals surface area (Å²) in [6, 6.07) is 6.52. The van der Waals surface area contributed by atoms with Crippen molar-refractivity contribution in [3.05, 3.63) is 41.0 Å². The van der Waals surface area contributed by atoms with Gasteiger partial charge in [0.15, 0.2) is 0 Å². The molecule has 1 nitrogen and oxygen atoms in total. The van der Waals surface area contributed by atoms with E-state index >= 15 is 0 Å². The van der Waals surface area contributed by atoms with E-state index in [-0.39, 0.29) is 0 Å². The fraction of sp³-hybridized carbons (Fsp3) is 0.308. The van der Waals surface area contributed by atoms with Crippen molar-refractivity contribution in [2.24, 2.45) is 4.99 Å². The van der Waals surface area contributed by atoms with Crippen LogP contribution in [0.15, 0.2) is 29.3 Å². The molecule has 0 aliphatic heterocycles. The molecule has 0 radical (unpaired) electrons. The lowest BCUT2D eigenvalue weighted by molar-refractivity contribution is 1.33. The molecule has 1 rings (SSSR count). The van der Waals surface area contributed by atoms with Gasteiger partial charge in [0, 0.05) is 13.3 Å². The van der Waals surface area contributed by atoms with Crippen LogP contribution in [0.25, 0.3) is 5.57 Å². The summed E-state index contributed by atoms with van der Waals surface area (Å²) in [6.07, 6.45) is 3.86. The molecule has 74 valence electrons. The van der Waals surface area contributed by atoms with Gasteiger partial charge in [-0.15, -0.1) is 0 Å². The fourth-order valence-corrected chi connectivity index (χ4v) is 1.27. The highest BCUT2D eigenvalue weighted by Gasteiger charge is 1.97. The second-order valence-corrected chi connectivity index (χ2v) is 3.56. The van der Waals surface area contributed by atoms with Crippen LogP contribution in [-0.4, -0.2) is 13.3 Å². The zero-order valence-electron chi connectivity index (χ0n) is 9.33. The van der Waals surface area contributed by atoms with Gasteiger partial charge in [0.05, 0.1) is 0 Å². The van der Waals surface area contributed by atoms with Gasteiger partial charge in [0.1, 0.15) is 0 Å². The molecule has 0 atom stereocenters. The molecule has 0 saturated carbocycles. The van der Waals surface area contributed by atoms with Gasteiger partial charge in [-0.2, -0.15) is 0 Å². The molecule has 1 aromatic carbocycles. The number of allylic oxidation sites excluding steroid dienone is 2. The minimum absolute atomic E-state index is 1.25. The Morgan fingerprint density at radius 1 is 1.21 bits per heavy atom. The first-order valence-electron chi connectivity index (χ1n) is 4.82. The Hall–Kier alpha value is -1.37. The number of hydrogen-bond donors (Lipinski definition) is 0. The van der Waals surface area contributed by atoms with E-state index in [0.29, 0.717) is 0 Å². The number of hydrogen-bond acceptors (Lipinski definition) is 1. The Bertz CT molecular complexity index is 373. The minimum Gasteiger partial charge on any atom is -0.297 e. The third-order valence-corrected chi connectivity index (χ3v) is 2.44. The third kappa shape index (κ3) is 2.56. The monoisotopic (exact) mass is 187 g/mol. The predicted octanol–water partition coefficient (Wildman–Crippen LogP) is 3.41. The van der Waals surface area contributed by atoms with Gasteiger partial charge < -0.3 is 0 Å². The summed E-state index contributed by atoms with van der Waals surface area (Å²) in [4.78, 5) is 3.94. The molecular weight excluding hydrogens is 170 g/mol. The van der Waals surface area contributed by atoms with Crippen molar-refractivity contribution in [2.45, 2.75) is 20.8 Å². The SMILES string of the molecule is CN=C/C=C(\C)c1ccc(C)c(C)c1. The summed E-state index contributed by atoms with van der Waals surface area (Å²) < 4.78 is 0. The maximum atomic E-state index is 3.94. The van der Waals surface area contributed by atoms with E-state index in [1.54, 1.807) is 7.05 Å². The van der Waals surface area contributed by atoms with Crippen LogP contribution in [0.2, 0.25) is 0 Å². The van der Waals surface area contributed by atoms with Crippen LogP contribution in [0, 0.1) is 13.8 Å². The van der Waals surface area contributed by atoms with Gasteiger partial charge in [-0.3, -0.25) is 4.99 Å². The van der Waals surface area contributed by atoms with Crippen LogP contribution in [0.1, 0.15) is 23.6 Å². The molecule has 14 heavy (non-hydrogen) atoms. The van der Waals surface area contributed by atoms with Crippen molar-refractivity contribution < 1.29 is 0 Å². The van der Waals surface area contributed by atoms with Gasteiger partial charge in [0.25, 0.3) is 0 Å². The molecule has 0 unspecified atom stereocenters. The summed E-state index contributed by atoms with van der Waals surface area (Å²) >= 11 is 0. The predicted molar refractivity (Wildman–Crippen MR) is 64.0 cm³/mol. The largest absolute Gasteiger partial charge is 0.297 e. The summed E-state index contributed by atoms with van der Waals surface area (Å²) in [6.45, 7) is 6.37. The molecule has 0 amide bonds. The average molecular weight is 187 g/mol. The maximum Gasteiger partial charge on any atom is 0.0277 e. The normalized spacial score (nSPS) is 12.4. The van der Waals surface area contributed by atoms with Crippen LogP contribution >= 0.6 is 0 Å². The summed E-state index contributed by atoms with van der Waals surface area (Å²) in [7, 11) is 1.78. The van der Waals surface area contributed by atoms with Gasteiger partial charge in [-0.1, -0.05) is 18.2 Å². The molecule has 0 spiro atoms. The van der Waals surface area contributed by atoms with Crippen LogP contribution in [0.4, 0.5) is 0 Å². The van der Waals surface area contributed by atoms with Gasteiger partial charge >= 0.3 is 0 Å². The van der Waals surface area contributed by atoms with Crippen molar-refractivity contribution >= 4 is 11.8 Å². The highest BCUT2D eigenvalue weighted by atomic mass is 14.6. The van der Waals surface area contributed by atoms with Gasteiger partial charge in [-0.05, 0) is 49.1 Å². The second-order valence-electron chi connectivity index (χ2n) is 3.56. The summed E-state index contributed by atoms with van der Waals surface area (Å²) in [5.41, 5.74) is 5.20. The molecule has 0 N–H and O–H groups in total. The van der Waals surface area contributed by atoms with Crippen LogP contribution in [0.3, 0.4) is 0 Å². The van der Waals surface area contributed by atoms with Crippen molar-refractivity contribution in [2.75, 3.05) is 7.05 Å². The first-order valence-corrected chi connectivity index (χ1v) is 4.82. The lowest BCUT2D eigenvalue weighted by Gasteiger charge is -2.04. The van der Waals surface area contributed by atoms with Crippen molar-refractivity contribution in [1.82, 2.24) is 0 Å². The molecule has 1 heteroatoms. The minimum atomic E-state index is 1.25. The van der Waals surface area contributed by atoms with Crippen LogP contribution < -0.4 is 0 Å². The van der Waals surface area contributed by atoms with E-state index in [1.807, 2.05) is 12.3 Å². The number of aliphatic imine (C=N–C) groups is 1. The van der Waals surface area contributed by atoms with Gasteiger partial charge in [-0.25, -0.2) is 0 Å². The van der Waals surface area contributed by atoms with Crippen molar-refractivity contribution in [1.29, 1.82) is 0 Å². The van der Waals surface area contributed by atoms with Crippen molar-refractivity contribution in [3.63, 3.8) is 0 Å². The zero-order chi connectivity index (χ0) is 10.6. The Balaban J connectivity index is 3.02. The van der Waals surface area contributed by atoms with Crippen LogP contribution in [-0.2, 0) is 0 Å². The number of aryl methyl sites for hydroxylation is 2. The van der Waals surface area contributed by atoms with E-state index in [9.17, 15) is 0 Å². The highest BCUT2D eigenvalue weighted by Crippen LogP contribution is 2.16. The third-order valence-electron chi connectivity index (χ3n) is 2.44. The first-order chi connectivity index (χ1) is 6.65. The van der Waals surface area contributed by atoms with E-state index in [1.165, 1.54) is 22.3 Å². The first kappa shape index (κ1) is 10.7. The van der Waals surface area contributed by atoms with Crippen molar-refractivity contribution in [3.8, 4) is 0 Å². The molecule has 0 fully saturated rings. The van der Waals surface area contributed by atoms with Crippen LogP contribution in [0.5, 0.6) is 0 Å². The molecule has 0 aliphatic carbocycles.